The van der Waals surface area contributed by atoms with Crippen molar-refractivity contribution in [2.45, 2.75) is 47.0 Å². The molecule has 0 heterocycles. The first-order valence-corrected chi connectivity index (χ1v) is 6.00. The van der Waals surface area contributed by atoms with E-state index in [9.17, 15) is 0 Å². The van der Waals surface area contributed by atoms with Crippen LogP contribution < -0.4 is 0 Å². The molecule has 0 bridgehead atoms. The normalized spacial score (nSPS) is 69.2. The van der Waals surface area contributed by atoms with Gasteiger partial charge in [0.2, 0.25) is 0 Å². The standard InChI is InChI=1S/C13H22/c1-8-5-10-11-6-9(2)13(11,4)12(10,3)7-8/h8-11H,5-7H2,1-4H3. The van der Waals surface area contributed by atoms with Crippen LogP contribution in [-0.4, -0.2) is 0 Å². The van der Waals surface area contributed by atoms with Gasteiger partial charge in [0.15, 0.2) is 0 Å². The smallest absolute Gasteiger partial charge is 0.0212 e. The van der Waals surface area contributed by atoms with Gasteiger partial charge in [-0.05, 0) is 53.8 Å². The van der Waals surface area contributed by atoms with Gasteiger partial charge in [0, 0.05) is 0 Å². The zero-order valence-electron chi connectivity index (χ0n) is 9.43. The summed E-state index contributed by atoms with van der Waals surface area (Å²) in [7, 11) is 0. The van der Waals surface area contributed by atoms with Crippen molar-refractivity contribution in [3.05, 3.63) is 0 Å². The van der Waals surface area contributed by atoms with E-state index in [-0.39, 0.29) is 0 Å². The van der Waals surface area contributed by atoms with Gasteiger partial charge in [0.1, 0.15) is 0 Å². The molecule has 0 aromatic carbocycles. The van der Waals surface area contributed by atoms with E-state index in [1.165, 1.54) is 19.3 Å². The van der Waals surface area contributed by atoms with Crippen LogP contribution in [-0.2, 0) is 0 Å². The first-order chi connectivity index (χ1) is 6.00. The third-order valence-corrected chi connectivity index (χ3v) is 6.36. The summed E-state index contributed by atoms with van der Waals surface area (Å²) >= 11 is 0. The number of hydrogen-bond donors (Lipinski definition) is 0. The molecule has 0 amide bonds. The Hall–Kier alpha value is 0. The summed E-state index contributed by atoms with van der Waals surface area (Å²) in [6, 6.07) is 0. The van der Waals surface area contributed by atoms with Crippen LogP contribution in [0.5, 0.6) is 0 Å². The third kappa shape index (κ3) is 0.620. The van der Waals surface area contributed by atoms with E-state index >= 15 is 0 Å². The molecule has 0 spiro atoms. The van der Waals surface area contributed by atoms with Gasteiger partial charge in [0.25, 0.3) is 0 Å². The number of fused-ring (bicyclic) bond motifs is 4. The second kappa shape index (κ2) is 1.99. The largest absolute Gasteiger partial charge is 0.0625 e. The monoisotopic (exact) mass is 178 g/mol. The van der Waals surface area contributed by atoms with E-state index in [4.69, 9.17) is 0 Å². The Morgan fingerprint density at radius 1 is 1.00 bits per heavy atom. The van der Waals surface area contributed by atoms with Gasteiger partial charge in [-0.1, -0.05) is 27.7 Å². The van der Waals surface area contributed by atoms with E-state index < -0.39 is 0 Å². The lowest BCUT2D eigenvalue weighted by Crippen LogP contribution is -2.70. The van der Waals surface area contributed by atoms with Crippen molar-refractivity contribution >= 4 is 0 Å². The molecular formula is C13H22. The Bertz CT molecular complexity index is 257. The molecule has 3 aliphatic rings. The second-order valence-corrected chi connectivity index (χ2v) is 6.59. The molecule has 0 nitrogen and oxygen atoms in total. The molecule has 0 aromatic heterocycles. The minimum atomic E-state index is 0.731. The molecule has 74 valence electrons. The molecule has 0 heteroatoms. The highest BCUT2D eigenvalue weighted by Crippen LogP contribution is 2.81. The highest BCUT2D eigenvalue weighted by Gasteiger charge is 2.75. The lowest BCUT2D eigenvalue weighted by atomic mass is 9.29. The predicted molar refractivity (Wildman–Crippen MR) is 55.4 cm³/mol. The Morgan fingerprint density at radius 2 is 1.69 bits per heavy atom. The second-order valence-electron chi connectivity index (χ2n) is 6.59. The molecule has 13 heavy (non-hydrogen) atoms. The molecule has 3 fully saturated rings. The summed E-state index contributed by atoms with van der Waals surface area (Å²) < 4.78 is 0. The molecule has 0 radical (unpaired) electrons. The zero-order valence-corrected chi connectivity index (χ0v) is 9.43. The van der Waals surface area contributed by atoms with Crippen molar-refractivity contribution < 1.29 is 0 Å². The summed E-state index contributed by atoms with van der Waals surface area (Å²) in [6.07, 6.45) is 4.57. The maximum absolute atomic E-state index is 2.58. The van der Waals surface area contributed by atoms with Gasteiger partial charge < -0.3 is 0 Å². The van der Waals surface area contributed by atoms with Gasteiger partial charge in [-0.2, -0.15) is 0 Å². The van der Waals surface area contributed by atoms with Crippen molar-refractivity contribution in [1.29, 1.82) is 0 Å². The number of rotatable bonds is 0. The topological polar surface area (TPSA) is 0 Å². The van der Waals surface area contributed by atoms with Crippen molar-refractivity contribution in [3.8, 4) is 0 Å². The Labute approximate surface area is 82.1 Å². The van der Waals surface area contributed by atoms with Crippen LogP contribution in [0, 0.1) is 34.5 Å². The fraction of sp³-hybridized carbons (Fsp3) is 1.00. The van der Waals surface area contributed by atoms with Crippen LogP contribution in [0.3, 0.4) is 0 Å². The molecule has 3 rings (SSSR count). The van der Waals surface area contributed by atoms with Gasteiger partial charge >= 0.3 is 0 Å². The summed E-state index contributed by atoms with van der Waals surface area (Å²) in [5, 5.41) is 0. The van der Waals surface area contributed by atoms with Crippen LogP contribution in [0.25, 0.3) is 0 Å². The van der Waals surface area contributed by atoms with E-state index in [2.05, 4.69) is 27.7 Å². The molecule has 0 N–H and O–H groups in total. The van der Waals surface area contributed by atoms with Crippen LogP contribution in [0.15, 0.2) is 0 Å². The fourth-order valence-corrected chi connectivity index (χ4v) is 5.43. The van der Waals surface area contributed by atoms with Crippen LogP contribution in [0.2, 0.25) is 0 Å². The Kier molecular flexibility index (Phi) is 1.27. The van der Waals surface area contributed by atoms with E-state index in [1.54, 1.807) is 0 Å². The van der Waals surface area contributed by atoms with Gasteiger partial charge in [-0.3, -0.25) is 0 Å². The SMILES string of the molecule is CC1CC2C3CC(C)C3(C)C2(C)C1. The maximum Gasteiger partial charge on any atom is -0.0212 e. The van der Waals surface area contributed by atoms with E-state index in [0.717, 1.165) is 34.5 Å². The molecule has 0 aliphatic heterocycles. The first-order valence-electron chi connectivity index (χ1n) is 6.00. The molecule has 6 atom stereocenters. The fourth-order valence-electron chi connectivity index (χ4n) is 5.43. The van der Waals surface area contributed by atoms with Gasteiger partial charge in [-0.15, -0.1) is 0 Å². The highest BCUT2D eigenvalue weighted by molar-refractivity contribution is 5.23. The molecule has 0 saturated heterocycles. The minimum Gasteiger partial charge on any atom is -0.0625 e. The van der Waals surface area contributed by atoms with E-state index in [0.29, 0.717) is 0 Å². The molecule has 6 unspecified atom stereocenters. The van der Waals surface area contributed by atoms with Crippen LogP contribution in [0.1, 0.15) is 47.0 Å². The molecular weight excluding hydrogens is 156 g/mol. The Morgan fingerprint density at radius 3 is 2.31 bits per heavy atom. The Balaban J connectivity index is 1.96. The van der Waals surface area contributed by atoms with Crippen molar-refractivity contribution in [2.24, 2.45) is 34.5 Å². The maximum atomic E-state index is 2.58. The first kappa shape index (κ1) is 8.32. The summed E-state index contributed by atoms with van der Waals surface area (Å²) in [4.78, 5) is 0. The van der Waals surface area contributed by atoms with Crippen molar-refractivity contribution in [3.63, 3.8) is 0 Å². The lowest BCUT2D eigenvalue weighted by Gasteiger charge is -2.75. The van der Waals surface area contributed by atoms with Crippen LogP contribution >= 0.6 is 0 Å². The average Bonchev–Trinajstić information content (AvgIpc) is 2.35. The molecule has 3 aliphatic carbocycles. The summed E-state index contributed by atoms with van der Waals surface area (Å²) in [6.45, 7) is 10.1. The zero-order chi connectivity index (χ0) is 9.43. The average molecular weight is 178 g/mol. The predicted octanol–water partition coefficient (Wildman–Crippen LogP) is 3.71. The van der Waals surface area contributed by atoms with Gasteiger partial charge in [-0.25, -0.2) is 0 Å². The summed E-state index contributed by atoms with van der Waals surface area (Å²) in [5.41, 5.74) is 1.47. The van der Waals surface area contributed by atoms with Crippen molar-refractivity contribution in [1.82, 2.24) is 0 Å². The van der Waals surface area contributed by atoms with Crippen molar-refractivity contribution in [2.75, 3.05) is 0 Å². The highest BCUT2D eigenvalue weighted by atomic mass is 14.8. The molecule has 3 saturated carbocycles. The lowest BCUT2D eigenvalue weighted by molar-refractivity contribution is -0.276. The van der Waals surface area contributed by atoms with Crippen LogP contribution in [0.4, 0.5) is 0 Å². The molecule has 0 aromatic rings. The number of hydrogen-bond acceptors (Lipinski definition) is 0. The quantitative estimate of drug-likeness (QED) is 0.530. The van der Waals surface area contributed by atoms with Gasteiger partial charge in [0.05, 0.1) is 0 Å². The third-order valence-electron chi connectivity index (χ3n) is 6.36. The minimum absolute atomic E-state index is 0.731. The van der Waals surface area contributed by atoms with E-state index in [1.807, 2.05) is 0 Å². The summed E-state index contributed by atoms with van der Waals surface area (Å²) in [5.74, 6) is 4.22.